The second-order valence-electron chi connectivity index (χ2n) is 4.35. The average molecular weight is 247 g/mol. The largest absolute Gasteiger partial charge is 0.331 e. The molecule has 2 aromatic rings. The van der Waals surface area contributed by atoms with E-state index in [4.69, 9.17) is 0 Å². The molecule has 0 spiro atoms. The number of rotatable bonds is 4. The predicted octanol–water partition coefficient (Wildman–Crippen LogP) is 2.30. The van der Waals surface area contributed by atoms with Gasteiger partial charge in [0.1, 0.15) is 11.6 Å². The molecule has 1 N–H and O–H groups in total. The molecule has 4 heteroatoms. The van der Waals surface area contributed by atoms with Crippen LogP contribution in [0.5, 0.6) is 0 Å². The van der Waals surface area contributed by atoms with Crippen LogP contribution in [0, 0.1) is 12.7 Å². The number of aryl methyl sites for hydroxylation is 1. The van der Waals surface area contributed by atoms with Crippen molar-refractivity contribution in [1.29, 1.82) is 0 Å². The Kier molecular flexibility index (Phi) is 3.77. The zero-order valence-corrected chi connectivity index (χ0v) is 11.0. The van der Waals surface area contributed by atoms with Crippen molar-refractivity contribution in [2.24, 2.45) is 7.05 Å². The van der Waals surface area contributed by atoms with E-state index in [1.165, 1.54) is 6.07 Å². The molecule has 3 nitrogen and oxygen atoms in total. The summed E-state index contributed by atoms with van der Waals surface area (Å²) in [5.41, 5.74) is 2.34. The lowest BCUT2D eigenvalue weighted by Gasteiger charge is -2.07. The van der Waals surface area contributed by atoms with Gasteiger partial charge in [-0.15, -0.1) is 0 Å². The fourth-order valence-corrected chi connectivity index (χ4v) is 2.18. The summed E-state index contributed by atoms with van der Waals surface area (Å²) in [5, 5.41) is 3.10. The molecule has 96 valence electrons. The van der Waals surface area contributed by atoms with E-state index in [0.29, 0.717) is 5.56 Å². The highest BCUT2D eigenvalue weighted by Crippen LogP contribution is 2.26. The third-order valence-corrected chi connectivity index (χ3v) is 3.09. The van der Waals surface area contributed by atoms with E-state index in [1.807, 2.05) is 31.7 Å². The van der Waals surface area contributed by atoms with Crippen LogP contribution in [0.4, 0.5) is 4.39 Å². The first-order chi connectivity index (χ1) is 8.65. The highest BCUT2D eigenvalue weighted by molar-refractivity contribution is 5.63. The molecular formula is C14H18FN3. The summed E-state index contributed by atoms with van der Waals surface area (Å²) >= 11 is 0. The first-order valence-electron chi connectivity index (χ1n) is 6.07. The third-order valence-electron chi connectivity index (χ3n) is 3.09. The fourth-order valence-electron chi connectivity index (χ4n) is 2.18. The first kappa shape index (κ1) is 12.8. The van der Waals surface area contributed by atoms with Crippen LogP contribution in [0.1, 0.15) is 11.5 Å². The number of imidazole rings is 1. The van der Waals surface area contributed by atoms with Gasteiger partial charge in [0.2, 0.25) is 0 Å². The Balaban J connectivity index is 2.46. The summed E-state index contributed by atoms with van der Waals surface area (Å²) in [6.07, 6.45) is 0.836. The maximum Gasteiger partial charge on any atom is 0.132 e. The number of likely N-dealkylation sites (N-methyl/N-ethyl adjacent to an activating group) is 1. The molecule has 0 fully saturated rings. The van der Waals surface area contributed by atoms with E-state index < -0.39 is 0 Å². The third kappa shape index (κ3) is 2.29. The normalized spacial score (nSPS) is 10.9. The Morgan fingerprint density at radius 2 is 2.06 bits per heavy atom. The van der Waals surface area contributed by atoms with Crippen LogP contribution in [-0.4, -0.2) is 23.1 Å². The van der Waals surface area contributed by atoms with E-state index >= 15 is 0 Å². The first-order valence-corrected chi connectivity index (χ1v) is 6.07. The lowest BCUT2D eigenvalue weighted by atomic mass is 10.1. The van der Waals surface area contributed by atoms with Crippen molar-refractivity contribution in [3.8, 4) is 11.3 Å². The lowest BCUT2D eigenvalue weighted by Crippen LogP contribution is -2.13. The van der Waals surface area contributed by atoms with Crippen LogP contribution in [0.2, 0.25) is 0 Å². The number of benzene rings is 1. The van der Waals surface area contributed by atoms with Gasteiger partial charge in [-0.3, -0.25) is 0 Å². The summed E-state index contributed by atoms with van der Waals surface area (Å²) in [7, 11) is 3.85. The van der Waals surface area contributed by atoms with Crippen LogP contribution in [0.25, 0.3) is 11.3 Å². The van der Waals surface area contributed by atoms with Gasteiger partial charge in [-0.05, 0) is 26.1 Å². The number of nitrogens with zero attached hydrogens (tertiary/aromatic N) is 2. The molecule has 0 radical (unpaired) electrons. The molecule has 0 aliphatic carbocycles. The molecule has 1 aromatic carbocycles. The SMILES string of the molecule is CNCCc1nc(C)c(-c2ccccc2F)n1C. The topological polar surface area (TPSA) is 29.9 Å². The van der Waals surface area contributed by atoms with E-state index in [1.54, 1.807) is 12.1 Å². The Morgan fingerprint density at radius 3 is 2.72 bits per heavy atom. The van der Waals surface area contributed by atoms with Crippen molar-refractivity contribution in [2.45, 2.75) is 13.3 Å². The Morgan fingerprint density at radius 1 is 1.33 bits per heavy atom. The van der Waals surface area contributed by atoms with Crippen molar-refractivity contribution < 1.29 is 4.39 Å². The summed E-state index contributed by atoms with van der Waals surface area (Å²) in [6, 6.07) is 6.82. The van der Waals surface area contributed by atoms with Crippen molar-refractivity contribution >= 4 is 0 Å². The van der Waals surface area contributed by atoms with Gasteiger partial charge in [-0.25, -0.2) is 9.37 Å². The number of hydrogen-bond acceptors (Lipinski definition) is 2. The second kappa shape index (κ2) is 5.31. The zero-order chi connectivity index (χ0) is 13.1. The van der Waals surface area contributed by atoms with Gasteiger partial charge in [-0.2, -0.15) is 0 Å². The van der Waals surface area contributed by atoms with E-state index in [2.05, 4.69) is 10.3 Å². The van der Waals surface area contributed by atoms with Gasteiger partial charge in [0.05, 0.1) is 11.4 Å². The minimum absolute atomic E-state index is 0.205. The van der Waals surface area contributed by atoms with Crippen molar-refractivity contribution in [3.05, 3.63) is 41.6 Å². The molecular weight excluding hydrogens is 229 g/mol. The summed E-state index contributed by atoms with van der Waals surface area (Å²) in [5.74, 6) is 0.767. The standard InChI is InChI=1S/C14H18FN3/c1-10-14(11-6-4-5-7-12(11)15)18(3)13(17-10)8-9-16-2/h4-7,16H,8-9H2,1-3H3. The molecule has 0 aliphatic heterocycles. The molecule has 2 rings (SSSR count). The number of hydrogen-bond donors (Lipinski definition) is 1. The van der Waals surface area contributed by atoms with Crippen LogP contribution in [0.3, 0.4) is 0 Å². The van der Waals surface area contributed by atoms with Gasteiger partial charge in [0.15, 0.2) is 0 Å². The molecule has 1 heterocycles. The smallest absolute Gasteiger partial charge is 0.132 e. The molecule has 0 amide bonds. The second-order valence-corrected chi connectivity index (χ2v) is 4.35. The van der Waals surface area contributed by atoms with Gasteiger partial charge >= 0.3 is 0 Å². The fraction of sp³-hybridized carbons (Fsp3) is 0.357. The van der Waals surface area contributed by atoms with Gasteiger partial charge in [-0.1, -0.05) is 12.1 Å². The maximum atomic E-state index is 13.8. The quantitative estimate of drug-likeness (QED) is 0.898. The van der Waals surface area contributed by atoms with Gasteiger partial charge in [0.25, 0.3) is 0 Å². The number of aromatic nitrogens is 2. The Labute approximate surface area is 107 Å². The van der Waals surface area contributed by atoms with E-state index in [9.17, 15) is 4.39 Å². The lowest BCUT2D eigenvalue weighted by molar-refractivity contribution is 0.629. The van der Waals surface area contributed by atoms with Crippen LogP contribution < -0.4 is 5.32 Å². The minimum atomic E-state index is -0.205. The summed E-state index contributed by atoms with van der Waals surface area (Å²) in [4.78, 5) is 4.52. The van der Waals surface area contributed by atoms with Crippen molar-refractivity contribution in [1.82, 2.24) is 14.9 Å². The minimum Gasteiger partial charge on any atom is -0.331 e. The highest BCUT2D eigenvalue weighted by atomic mass is 19.1. The van der Waals surface area contributed by atoms with Gasteiger partial charge in [0, 0.05) is 25.6 Å². The van der Waals surface area contributed by atoms with Crippen molar-refractivity contribution in [2.75, 3.05) is 13.6 Å². The predicted molar refractivity (Wildman–Crippen MR) is 71.0 cm³/mol. The summed E-state index contributed by atoms with van der Waals surface area (Å²) < 4.78 is 15.8. The molecule has 0 aliphatic rings. The molecule has 0 saturated heterocycles. The monoisotopic (exact) mass is 247 g/mol. The molecule has 0 unspecified atom stereocenters. The summed E-state index contributed by atoms with van der Waals surface area (Å²) in [6.45, 7) is 2.78. The number of halogens is 1. The maximum absolute atomic E-state index is 13.8. The molecule has 0 saturated carbocycles. The van der Waals surface area contributed by atoms with E-state index in [0.717, 1.165) is 30.2 Å². The van der Waals surface area contributed by atoms with Gasteiger partial charge < -0.3 is 9.88 Å². The Bertz CT molecular complexity index is 546. The van der Waals surface area contributed by atoms with Crippen molar-refractivity contribution in [3.63, 3.8) is 0 Å². The average Bonchev–Trinajstić information content (AvgIpc) is 2.63. The molecule has 0 bridgehead atoms. The van der Waals surface area contributed by atoms with E-state index in [-0.39, 0.29) is 5.82 Å². The molecule has 0 atom stereocenters. The number of nitrogens with one attached hydrogen (secondary N) is 1. The van der Waals surface area contributed by atoms with Crippen LogP contribution in [0.15, 0.2) is 24.3 Å². The molecule has 18 heavy (non-hydrogen) atoms. The van der Waals surface area contributed by atoms with Crippen LogP contribution in [-0.2, 0) is 13.5 Å². The Hall–Kier alpha value is -1.68. The highest BCUT2D eigenvalue weighted by Gasteiger charge is 2.15. The molecule has 1 aromatic heterocycles. The zero-order valence-electron chi connectivity index (χ0n) is 11.0. The van der Waals surface area contributed by atoms with Crippen LogP contribution >= 0.6 is 0 Å².